The van der Waals surface area contributed by atoms with Crippen molar-refractivity contribution < 1.29 is 46.7 Å². The van der Waals surface area contributed by atoms with E-state index in [2.05, 4.69) is 30.7 Å². The van der Waals surface area contributed by atoms with Crippen LogP contribution in [0.1, 0.15) is 73.9 Å². The molecule has 7 rings (SSSR count). The molecule has 2 aliphatic heterocycles. The smallest absolute Gasteiger partial charge is 0.330 e. The number of hydrogen-bond acceptors (Lipinski definition) is 15. The summed E-state index contributed by atoms with van der Waals surface area (Å²) >= 11 is 6.06. The fraction of sp³-hybridized carbons (Fsp3) is 0.458. The first kappa shape index (κ1) is 52.0. The van der Waals surface area contributed by atoms with Gasteiger partial charge in [0.25, 0.3) is 11.1 Å². The lowest BCUT2D eigenvalue weighted by Gasteiger charge is -2.37. The summed E-state index contributed by atoms with van der Waals surface area (Å²) in [6, 6.07) is 24.9. The topological polar surface area (TPSA) is 202 Å². The SMILES string of the molecule is COc1ccc(C(OC[C@H]2O[C@@H](n3cc(C)c(=O)[nH]c3=O)C[C@@H]2OP(=S)(OC)OC[C@H]2O[C@@H](n3cc(C)c(=O)[nH]c3=O)C[C@@H]2OO[Si](C)(C)C(C)(C)C)(c2ccccc2)c2ccc(OC)cc2)cc1. The first-order chi connectivity index (χ1) is 32.7. The number of nitrogens with one attached hydrogen (secondary N) is 2. The van der Waals surface area contributed by atoms with Crippen molar-refractivity contribution in [2.24, 2.45) is 0 Å². The van der Waals surface area contributed by atoms with Gasteiger partial charge in [0.1, 0.15) is 47.9 Å². The molecule has 7 atom stereocenters. The van der Waals surface area contributed by atoms with Gasteiger partial charge in [-0.3, -0.25) is 33.3 Å². The van der Waals surface area contributed by atoms with Gasteiger partial charge in [-0.05, 0) is 84.7 Å². The Kier molecular flexibility index (Phi) is 16.0. The zero-order chi connectivity index (χ0) is 49.9. The number of nitrogens with zero attached hydrogens (tertiary/aromatic N) is 2. The van der Waals surface area contributed by atoms with Crippen LogP contribution in [0.5, 0.6) is 11.5 Å². The highest BCUT2D eigenvalue weighted by atomic mass is 32.5. The Hall–Kier alpha value is -4.83. The van der Waals surface area contributed by atoms with Crippen LogP contribution in [0.25, 0.3) is 0 Å². The van der Waals surface area contributed by atoms with Crippen LogP contribution >= 0.6 is 6.72 Å². The minimum absolute atomic E-state index is 0.0660. The summed E-state index contributed by atoms with van der Waals surface area (Å²) in [5.74, 6) is 1.30. The summed E-state index contributed by atoms with van der Waals surface area (Å²) in [4.78, 5) is 62.0. The van der Waals surface area contributed by atoms with Crippen LogP contribution in [0.2, 0.25) is 18.1 Å². The van der Waals surface area contributed by atoms with Crippen molar-refractivity contribution >= 4 is 26.8 Å². The Morgan fingerprint density at radius 3 is 1.62 bits per heavy atom. The predicted molar refractivity (Wildman–Crippen MR) is 263 cm³/mol. The molecule has 0 aliphatic carbocycles. The minimum atomic E-state index is -3.72. The molecule has 0 amide bonds. The van der Waals surface area contributed by atoms with Gasteiger partial charge in [0, 0.05) is 43.5 Å². The molecule has 5 aromatic rings. The van der Waals surface area contributed by atoms with Gasteiger partial charge in [0.15, 0.2) is 0 Å². The number of benzene rings is 3. The molecule has 0 spiro atoms. The summed E-state index contributed by atoms with van der Waals surface area (Å²) < 4.78 is 59.2. The molecule has 69 heavy (non-hydrogen) atoms. The number of ether oxygens (including phenoxy) is 5. The molecular formula is C48H61N4O14PSSi. The van der Waals surface area contributed by atoms with Crippen LogP contribution in [0.15, 0.2) is 110 Å². The van der Waals surface area contributed by atoms with Crippen molar-refractivity contribution in [1.29, 1.82) is 0 Å². The van der Waals surface area contributed by atoms with Crippen molar-refractivity contribution in [2.75, 3.05) is 34.5 Å². The zero-order valence-corrected chi connectivity index (χ0v) is 43.1. The third kappa shape index (κ3) is 11.4. The van der Waals surface area contributed by atoms with E-state index in [0.717, 1.165) is 16.7 Å². The summed E-state index contributed by atoms with van der Waals surface area (Å²) in [6.45, 7) is 9.44. The molecule has 18 nitrogen and oxygen atoms in total. The normalized spacial score (nSPS) is 21.8. The highest BCUT2D eigenvalue weighted by molar-refractivity contribution is 8.07. The van der Waals surface area contributed by atoms with Gasteiger partial charge >= 0.3 is 18.1 Å². The maximum absolute atomic E-state index is 13.3. The Morgan fingerprint density at radius 2 is 1.16 bits per heavy atom. The van der Waals surface area contributed by atoms with Crippen LogP contribution < -0.4 is 32.0 Å². The number of methoxy groups -OCH3 is 2. The maximum Gasteiger partial charge on any atom is 0.330 e. The Bertz CT molecular complexity index is 2800. The van der Waals surface area contributed by atoms with Gasteiger partial charge in [0.05, 0.1) is 33.5 Å². The average molecular weight is 1010 g/mol. The van der Waals surface area contributed by atoms with Gasteiger partial charge in [-0.2, -0.15) is 0 Å². The molecule has 1 unspecified atom stereocenters. The Balaban J connectivity index is 1.22. The molecule has 2 N–H and O–H groups in total. The number of rotatable bonds is 19. The van der Waals surface area contributed by atoms with E-state index in [0.29, 0.717) is 22.6 Å². The lowest BCUT2D eigenvalue weighted by molar-refractivity contribution is -0.268. The number of aromatic nitrogens is 4. The minimum Gasteiger partial charge on any atom is -0.497 e. The molecule has 2 aromatic heterocycles. The molecular weight excluding hydrogens is 948 g/mol. The van der Waals surface area contributed by atoms with Crippen molar-refractivity contribution in [2.45, 2.75) is 108 Å². The predicted octanol–water partition coefficient (Wildman–Crippen LogP) is 6.90. The quantitative estimate of drug-likeness (QED) is 0.0284. The second kappa shape index (κ2) is 21.3. The summed E-state index contributed by atoms with van der Waals surface area (Å²) in [7, 11) is 2.12. The molecule has 0 saturated carbocycles. The van der Waals surface area contributed by atoms with Crippen LogP contribution in [0.3, 0.4) is 0 Å². The van der Waals surface area contributed by atoms with Crippen LogP contribution in [-0.4, -0.2) is 86.4 Å². The van der Waals surface area contributed by atoms with Gasteiger partial charge in [0.2, 0.25) is 8.32 Å². The van der Waals surface area contributed by atoms with Gasteiger partial charge in [-0.25, -0.2) is 14.5 Å². The third-order valence-corrected chi connectivity index (χ3v) is 19.6. The Labute approximate surface area is 406 Å². The molecule has 2 saturated heterocycles. The van der Waals surface area contributed by atoms with Crippen LogP contribution in [-0.2, 0) is 54.7 Å². The first-order valence-electron chi connectivity index (χ1n) is 22.5. The molecule has 4 heterocycles. The van der Waals surface area contributed by atoms with E-state index in [4.69, 9.17) is 58.5 Å². The van der Waals surface area contributed by atoms with Crippen LogP contribution in [0, 0.1) is 13.8 Å². The molecule has 0 bridgehead atoms. The Morgan fingerprint density at radius 1 is 0.696 bits per heavy atom. The van der Waals surface area contributed by atoms with E-state index >= 15 is 0 Å². The number of H-pyrrole nitrogens is 2. The molecule has 2 aliphatic rings. The monoisotopic (exact) mass is 1010 g/mol. The van der Waals surface area contributed by atoms with Gasteiger partial charge in [-0.1, -0.05) is 75.4 Å². The summed E-state index contributed by atoms with van der Waals surface area (Å²) in [6.07, 6.45) is -2.11. The van der Waals surface area contributed by atoms with E-state index in [9.17, 15) is 19.2 Å². The van der Waals surface area contributed by atoms with Crippen molar-refractivity contribution in [3.8, 4) is 11.5 Å². The van der Waals surface area contributed by atoms with E-state index in [1.165, 1.54) is 28.6 Å². The summed E-state index contributed by atoms with van der Waals surface area (Å²) in [5, 5.41) is -0.194. The molecule has 21 heteroatoms. The van der Waals surface area contributed by atoms with E-state index in [-0.39, 0.29) is 31.1 Å². The molecule has 372 valence electrons. The number of aromatic amines is 2. The lowest BCUT2D eigenvalue weighted by atomic mass is 9.80. The fourth-order valence-electron chi connectivity index (χ4n) is 7.90. The lowest BCUT2D eigenvalue weighted by Crippen LogP contribution is -2.43. The van der Waals surface area contributed by atoms with E-state index < -0.39 is 80.0 Å². The van der Waals surface area contributed by atoms with E-state index in [1.807, 2.05) is 92.0 Å². The molecule has 2 fully saturated rings. The second-order valence-electron chi connectivity index (χ2n) is 18.6. The fourth-order valence-corrected chi connectivity index (χ4v) is 10.2. The van der Waals surface area contributed by atoms with Crippen molar-refractivity contribution in [3.63, 3.8) is 0 Å². The summed E-state index contributed by atoms with van der Waals surface area (Å²) in [5.41, 5.74) is -0.645. The highest BCUT2D eigenvalue weighted by Crippen LogP contribution is 2.54. The third-order valence-electron chi connectivity index (χ3n) is 13.0. The zero-order valence-electron chi connectivity index (χ0n) is 40.4. The molecule has 3 aromatic carbocycles. The second-order valence-corrected chi connectivity index (χ2v) is 26.3. The van der Waals surface area contributed by atoms with E-state index in [1.54, 1.807) is 28.1 Å². The highest BCUT2D eigenvalue weighted by Gasteiger charge is 2.47. The van der Waals surface area contributed by atoms with Crippen molar-refractivity contribution in [1.82, 2.24) is 19.1 Å². The number of hydrogen-bond donors (Lipinski definition) is 2. The standard InChI is InChI=1S/C48H61N4O14PSSi/c1-30-26-51(45(55)49-43(30)53)41-24-37(64-66-69(9,10)47(3,4)5)40(63-41)29-61-67(68,59-8)65-38-25-42(52-27-31(2)44(54)50-46(52)56)62-39(38)28-60-48(32-14-12-11-13-15-32,33-16-20-35(57-6)21-17-33)34-18-22-36(58-7)23-19-34/h11-23,26-27,37-42H,24-25,28-29H2,1-10H3,(H,49,53,55)(H,50,54,56)/t37-,38-,39+,40+,41+,42+,67?/m0/s1. The van der Waals surface area contributed by atoms with Crippen LogP contribution in [0.4, 0.5) is 0 Å². The van der Waals surface area contributed by atoms with Crippen molar-refractivity contribution in [3.05, 3.63) is 161 Å². The number of aryl methyl sites for hydroxylation is 2. The average Bonchev–Trinajstić information content (AvgIpc) is 3.93. The largest absolute Gasteiger partial charge is 0.497 e. The maximum atomic E-state index is 13.3. The van der Waals surface area contributed by atoms with Gasteiger partial charge < -0.3 is 37.3 Å². The van der Waals surface area contributed by atoms with Gasteiger partial charge in [-0.15, -0.1) is 0 Å². The molecule has 0 radical (unpaired) electrons. The first-order valence-corrected chi connectivity index (χ1v) is 27.9.